The zero-order chi connectivity index (χ0) is 18.9. The normalized spacial score (nSPS) is 23.3. The smallest absolute Gasteiger partial charge is 0.203 e. The predicted octanol–water partition coefficient (Wildman–Crippen LogP) is 2.86. The van der Waals surface area contributed by atoms with Gasteiger partial charge in [-0.25, -0.2) is 0 Å². The molecule has 4 rings (SSSR count). The fraction of sp³-hybridized carbons (Fsp3) is 0.391. The van der Waals surface area contributed by atoms with Crippen molar-refractivity contribution in [3.8, 4) is 17.2 Å². The molecule has 1 aliphatic heterocycles. The third-order valence-corrected chi connectivity index (χ3v) is 6.11. The number of hydrogen-bond acceptors (Lipinski definition) is 3. The molecule has 4 nitrogen and oxygen atoms in total. The standard InChI is InChI=1S/C23H27NO3/c1-25-20-14-17(15-21(26-2)22(20)27-3)16-24-12-10-23(11-13-24)9-8-18-6-4-5-7-19(18)23/h4-9,14-15H,10-13,16H2,1-3H3/p+1. The van der Waals surface area contributed by atoms with E-state index in [1.807, 2.05) is 0 Å². The van der Waals surface area contributed by atoms with Crippen LogP contribution in [0.15, 0.2) is 42.5 Å². The summed E-state index contributed by atoms with van der Waals surface area (Å²) in [6.07, 6.45) is 7.13. The van der Waals surface area contributed by atoms with E-state index in [9.17, 15) is 0 Å². The highest BCUT2D eigenvalue weighted by Gasteiger charge is 2.39. The molecular formula is C23H28NO3+. The average Bonchev–Trinajstić information content (AvgIpc) is 3.07. The van der Waals surface area contributed by atoms with Crippen LogP contribution in [0.1, 0.15) is 29.5 Å². The predicted molar refractivity (Wildman–Crippen MR) is 107 cm³/mol. The molecule has 1 fully saturated rings. The van der Waals surface area contributed by atoms with Crippen molar-refractivity contribution < 1.29 is 19.1 Å². The van der Waals surface area contributed by atoms with E-state index in [0.717, 1.165) is 31.1 Å². The first-order chi connectivity index (χ1) is 13.2. The van der Waals surface area contributed by atoms with Crippen LogP contribution in [0.4, 0.5) is 0 Å². The molecule has 1 heterocycles. The third kappa shape index (κ3) is 3.19. The summed E-state index contributed by atoms with van der Waals surface area (Å²) >= 11 is 0. The molecule has 1 aliphatic carbocycles. The highest BCUT2D eigenvalue weighted by Crippen LogP contribution is 2.42. The maximum Gasteiger partial charge on any atom is 0.203 e. The number of piperidine rings is 1. The minimum atomic E-state index is 0.245. The van der Waals surface area contributed by atoms with Gasteiger partial charge >= 0.3 is 0 Å². The van der Waals surface area contributed by atoms with Gasteiger partial charge in [0, 0.05) is 23.8 Å². The lowest BCUT2D eigenvalue weighted by Gasteiger charge is -2.37. The highest BCUT2D eigenvalue weighted by atomic mass is 16.5. The Morgan fingerprint density at radius 3 is 2.22 bits per heavy atom. The summed E-state index contributed by atoms with van der Waals surface area (Å²) in [7, 11) is 4.98. The Morgan fingerprint density at radius 1 is 0.926 bits per heavy atom. The van der Waals surface area contributed by atoms with Gasteiger partial charge in [-0.2, -0.15) is 0 Å². The number of likely N-dealkylation sites (tertiary alicyclic amines) is 1. The Balaban J connectivity index is 1.48. The monoisotopic (exact) mass is 366 g/mol. The number of benzene rings is 2. The van der Waals surface area contributed by atoms with Gasteiger partial charge in [0.2, 0.25) is 5.75 Å². The number of methoxy groups -OCH3 is 3. The van der Waals surface area contributed by atoms with Crippen molar-refractivity contribution in [3.63, 3.8) is 0 Å². The molecule has 1 saturated heterocycles. The number of fused-ring (bicyclic) bond motifs is 2. The van der Waals surface area contributed by atoms with Crippen molar-refractivity contribution in [2.75, 3.05) is 34.4 Å². The molecule has 0 saturated carbocycles. The van der Waals surface area contributed by atoms with Crippen LogP contribution in [0.3, 0.4) is 0 Å². The fourth-order valence-corrected chi connectivity index (χ4v) is 4.62. The number of quaternary nitrogens is 1. The molecule has 27 heavy (non-hydrogen) atoms. The molecule has 2 aromatic carbocycles. The van der Waals surface area contributed by atoms with Crippen molar-refractivity contribution >= 4 is 6.08 Å². The first kappa shape index (κ1) is 17.9. The summed E-state index contributed by atoms with van der Waals surface area (Å²) in [6.45, 7) is 3.29. The summed E-state index contributed by atoms with van der Waals surface area (Å²) in [5.74, 6) is 2.11. The van der Waals surface area contributed by atoms with E-state index in [2.05, 4.69) is 48.6 Å². The lowest BCUT2D eigenvalue weighted by Crippen LogP contribution is -3.12. The first-order valence-corrected chi connectivity index (χ1v) is 9.60. The molecule has 1 N–H and O–H groups in total. The Labute approximate surface area is 161 Å². The van der Waals surface area contributed by atoms with Gasteiger partial charge in [0.1, 0.15) is 6.54 Å². The van der Waals surface area contributed by atoms with E-state index in [1.165, 1.54) is 29.5 Å². The average molecular weight is 366 g/mol. The van der Waals surface area contributed by atoms with Gasteiger partial charge in [0.25, 0.3) is 0 Å². The van der Waals surface area contributed by atoms with Gasteiger partial charge in [0.15, 0.2) is 11.5 Å². The number of hydrogen-bond donors (Lipinski definition) is 1. The van der Waals surface area contributed by atoms with E-state index < -0.39 is 0 Å². The van der Waals surface area contributed by atoms with Crippen LogP contribution in [0, 0.1) is 0 Å². The maximum absolute atomic E-state index is 5.50. The van der Waals surface area contributed by atoms with Gasteiger partial charge in [0.05, 0.1) is 34.4 Å². The van der Waals surface area contributed by atoms with Crippen molar-refractivity contribution in [1.29, 1.82) is 0 Å². The number of rotatable bonds is 5. The van der Waals surface area contributed by atoms with Gasteiger partial charge < -0.3 is 19.1 Å². The van der Waals surface area contributed by atoms with Crippen molar-refractivity contribution in [2.45, 2.75) is 24.8 Å². The zero-order valence-corrected chi connectivity index (χ0v) is 16.4. The molecule has 142 valence electrons. The largest absolute Gasteiger partial charge is 0.493 e. The second-order valence-electron chi connectivity index (χ2n) is 7.54. The highest BCUT2D eigenvalue weighted by molar-refractivity contribution is 5.65. The lowest BCUT2D eigenvalue weighted by atomic mass is 9.74. The summed E-state index contributed by atoms with van der Waals surface area (Å²) < 4.78 is 16.4. The number of allylic oxidation sites excluding steroid dienone is 1. The molecule has 0 amide bonds. The summed E-state index contributed by atoms with van der Waals surface area (Å²) in [4.78, 5) is 1.60. The lowest BCUT2D eigenvalue weighted by molar-refractivity contribution is -0.919. The second kappa shape index (κ2) is 7.28. The summed E-state index contributed by atoms with van der Waals surface area (Å²) in [6, 6.07) is 13.0. The van der Waals surface area contributed by atoms with Crippen LogP contribution in [0.2, 0.25) is 0 Å². The minimum absolute atomic E-state index is 0.245. The van der Waals surface area contributed by atoms with E-state index in [4.69, 9.17) is 14.2 Å². The second-order valence-corrected chi connectivity index (χ2v) is 7.54. The van der Waals surface area contributed by atoms with Crippen LogP contribution in [-0.4, -0.2) is 34.4 Å². The van der Waals surface area contributed by atoms with Gasteiger partial charge in [-0.1, -0.05) is 36.4 Å². The minimum Gasteiger partial charge on any atom is -0.493 e. The van der Waals surface area contributed by atoms with Gasteiger partial charge in [-0.3, -0.25) is 0 Å². The van der Waals surface area contributed by atoms with Crippen molar-refractivity contribution in [2.24, 2.45) is 0 Å². The van der Waals surface area contributed by atoms with Crippen LogP contribution in [0.5, 0.6) is 17.2 Å². The maximum atomic E-state index is 5.50. The molecule has 0 unspecified atom stereocenters. The molecular weight excluding hydrogens is 338 g/mol. The molecule has 0 aromatic heterocycles. The van der Waals surface area contributed by atoms with E-state index >= 15 is 0 Å². The van der Waals surface area contributed by atoms with Crippen molar-refractivity contribution in [1.82, 2.24) is 0 Å². The third-order valence-electron chi connectivity index (χ3n) is 6.11. The Kier molecular flexibility index (Phi) is 4.83. The molecule has 2 aromatic rings. The van der Waals surface area contributed by atoms with Gasteiger partial charge in [-0.15, -0.1) is 0 Å². The van der Waals surface area contributed by atoms with Crippen LogP contribution < -0.4 is 19.1 Å². The van der Waals surface area contributed by atoms with Gasteiger partial charge in [-0.05, 0) is 23.3 Å². The molecule has 0 bridgehead atoms. The Bertz CT molecular complexity index is 825. The fourth-order valence-electron chi connectivity index (χ4n) is 4.62. The van der Waals surface area contributed by atoms with E-state index in [0.29, 0.717) is 5.75 Å². The number of ether oxygens (including phenoxy) is 3. The van der Waals surface area contributed by atoms with E-state index in [-0.39, 0.29) is 5.41 Å². The Morgan fingerprint density at radius 2 is 1.59 bits per heavy atom. The van der Waals surface area contributed by atoms with Crippen LogP contribution >= 0.6 is 0 Å². The quantitative estimate of drug-likeness (QED) is 0.883. The zero-order valence-electron chi connectivity index (χ0n) is 16.4. The van der Waals surface area contributed by atoms with E-state index in [1.54, 1.807) is 26.2 Å². The Hall–Kier alpha value is -2.46. The SMILES string of the molecule is COc1cc(C[NH+]2CCC3(C=Cc4ccccc43)CC2)cc(OC)c1OC. The molecule has 1 spiro atoms. The molecule has 0 atom stereocenters. The first-order valence-electron chi connectivity index (χ1n) is 9.60. The van der Waals surface area contributed by atoms with Crippen molar-refractivity contribution in [3.05, 3.63) is 59.2 Å². The van der Waals surface area contributed by atoms with Crippen LogP contribution in [0.25, 0.3) is 6.08 Å². The summed E-state index contributed by atoms with van der Waals surface area (Å²) in [5.41, 5.74) is 4.37. The molecule has 2 aliphatic rings. The number of nitrogens with one attached hydrogen (secondary N) is 1. The molecule has 4 heteroatoms. The summed E-state index contributed by atoms with van der Waals surface area (Å²) in [5, 5.41) is 0. The van der Waals surface area contributed by atoms with Crippen LogP contribution in [-0.2, 0) is 12.0 Å². The molecule has 0 radical (unpaired) electrons. The topological polar surface area (TPSA) is 32.1 Å².